The zero-order valence-corrected chi connectivity index (χ0v) is 14.4. The van der Waals surface area contributed by atoms with E-state index < -0.39 is 17.3 Å². The van der Waals surface area contributed by atoms with Gasteiger partial charge in [0.25, 0.3) is 0 Å². The molecule has 1 N–H and O–H groups in total. The monoisotopic (exact) mass is 358 g/mol. The second-order valence-corrected chi connectivity index (χ2v) is 6.74. The minimum Gasteiger partial charge on any atom is -0.325 e. The summed E-state index contributed by atoms with van der Waals surface area (Å²) in [6.07, 6.45) is -4.58. The number of hydrogen-bond acceptors (Lipinski definition) is 4. The maximum atomic E-state index is 12.7. The van der Waals surface area contributed by atoms with Gasteiger partial charge in [0.2, 0.25) is 11.7 Å². The Kier molecular flexibility index (Phi) is 5.22. The average Bonchev–Trinajstić information content (AvgIpc) is 2.83. The SMILES string of the molecule is Cc1ccc(NC(=O)[C@H](C)Sc2nnc(C(F)(F)F)n2C)c(C)c1. The lowest BCUT2D eigenvalue weighted by molar-refractivity contribution is -0.147. The molecule has 0 spiro atoms. The molecular weight excluding hydrogens is 341 g/mol. The Morgan fingerprint density at radius 2 is 1.96 bits per heavy atom. The van der Waals surface area contributed by atoms with Gasteiger partial charge in [0.05, 0.1) is 5.25 Å². The molecule has 1 aromatic carbocycles. The Balaban J connectivity index is 2.08. The van der Waals surface area contributed by atoms with E-state index >= 15 is 0 Å². The number of carbonyl (C=O) groups is 1. The Hall–Kier alpha value is -2.03. The molecule has 0 unspecified atom stereocenters. The number of carbonyl (C=O) groups excluding carboxylic acids is 1. The Morgan fingerprint density at radius 3 is 2.50 bits per heavy atom. The van der Waals surface area contributed by atoms with Crippen LogP contribution < -0.4 is 5.32 Å². The number of halogens is 3. The number of benzene rings is 1. The van der Waals surface area contributed by atoms with E-state index in [4.69, 9.17) is 0 Å². The first-order valence-corrected chi connectivity index (χ1v) is 7.99. The average molecular weight is 358 g/mol. The van der Waals surface area contributed by atoms with Crippen molar-refractivity contribution in [3.05, 3.63) is 35.2 Å². The number of thioether (sulfide) groups is 1. The quantitative estimate of drug-likeness (QED) is 0.849. The van der Waals surface area contributed by atoms with Crippen LogP contribution in [0.4, 0.5) is 18.9 Å². The van der Waals surface area contributed by atoms with E-state index in [0.717, 1.165) is 27.5 Å². The van der Waals surface area contributed by atoms with E-state index in [1.165, 1.54) is 7.05 Å². The van der Waals surface area contributed by atoms with Gasteiger partial charge in [-0.15, -0.1) is 10.2 Å². The summed E-state index contributed by atoms with van der Waals surface area (Å²) < 4.78 is 39.0. The Morgan fingerprint density at radius 1 is 1.29 bits per heavy atom. The maximum absolute atomic E-state index is 12.7. The van der Waals surface area contributed by atoms with Crippen LogP contribution >= 0.6 is 11.8 Å². The molecule has 0 saturated carbocycles. The second kappa shape index (κ2) is 6.84. The van der Waals surface area contributed by atoms with Gasteiger partial charge in [-0.1, -0.05) is 29.5 Å². The van der Waals surface area contributed by atoms with Gasteiger partial charge in [-0.3, -0.25) is 4.79 Å². The van der Waals surface area contributed by atoms with Gasteiger partial charge >= 0.3 is 6.18 Å². The van der Waals surface area contributed by atoms with Crippen molar-refractivity contribution in [2.45, 2.75) is 37.4 Å². The molecule has 0 fully saturated rings. The van der Waals surface area contributed by atoms with Crippen molar-refractivity contribution in [2.75, 3.05) is 5.32 Å². The lowest BCUT2D eigenvalue weighted by Gasteiger charge is -2.13. The van der Waals surface area contributed by atoms with Crippen molar-refractivity contribution in [3.8, 4) is 0 Å². The molecule has 24 heavy (non-hydrogen) atoms. The van der Waals surface area contributed by atoms with E-state index in [0.29, 0.717) is 5.69 Å². The third-order valence-electron chi connectivity index (χ3n) is 3.38. The third kappa shape index (κ3) is 4.08. The molecular formula is C15H17F3N4OS. The Bertz CT molecular complexity index is 758. The van der Waals surface area contributed by atoms with Crippen molar-refractivity contribution in [2.24, 2.45) is 7.05 Å². The number of alkyl halides is 3. The van der Waals surface area contributed by atoms with E-state index in [1.54, 1.807) is 13.0 Å². The fourth-order valence-electron chi connectivity index (χ4n) is 2.06. The number of rotatable bonds is 4. The van der Waals surface area contributed by atoms with Crippen LogP contribution in [0, 0.1) is 13.8 Å². The first kappa shape index (κ1) is 18.3. The van der Waals surface area contributed by atoms with Crippen LogP contribution in [0.25, 0.3) is 0 Å². The molecule has 5 nitrogen and oxygen atoms in total. The lowest BCUT2D eigenvalue weighted by atomic mass is 10.1. The van der Waals surface area contributed by atoms with Gasteiger partial charge in [0.1, 0.15) is 0 Å². The van der Waals surface area contributed by atoms with Gasteiger partial charge in [-0.05, 0) is 32.4 Å². The van der Waals surface area contributed by atoms with E-state index in [9.17, 15) is 18.0 Å². The predicted molar refractivity (Wildman–Crippen MR) is 85.9 cm³/mol. The standard InChI is InChI=1S/C15H17F3N4OS/c1-8-5-6-11(9(2)7-8)19-12(23)10(3)24-14-21-20-13(22(14)4)15(16,17)18/h5-7,10H,1-4H3,(H,19,23)/t10-/m0/s1. The predicted octanol–water partition coefficient (Wildman–Crippen LogP) is 3.57. The van der Waals surface area contributed by atoms with Crippen molar-refractivity contribution < 1.29 is 18.0 Å². The van der Waals surface area contributed by atoms with Crippen LogP contribution in [-0.2, 0) is 18.0 Å². The summed E-state index contributed by atoms with van der Waals surface area (Å²) >= 11 is 0.921. The third-order valence-corrected chi connectivity index (χ3v) is 4.51. The summed E-state index contributed by atoms with van der Waals surface area (Å²) in [6, 6.07) is 5.61. The van der Waals surface area contributed by atoms with Gasteiger partial charge in [0, 0.05) is 12.7 Å². The van der Waals surface area contributed by atoms with Crippen LogP contribution in [0.1, 0.15) is 23.9 Å². The van der Waals surface area contributed by atoms with Gasteiger partial charge in [-0.2, -0.15) is 13.2 Å². The molecule has 1 amide bonds. The van der Waals surface area contributed by atoms with Crippen molar-refractivity contribution in [1.82, 2.24) is 14.8 Å². The highest BCUT2D eigenvalue weighted by Crippen LogP contribution is 2.31. The van der Waals surface area contributed by atoms with Crippen LogP contribution in [0.15, 0.2) is 23.4 Å². The number of anilines is 1. The van der Waals surface area contributed by atoms with Crippen molar-refractivity contribution in [1.29, 1.82) is 0 Å². The highest BCUT2D eigenvalue weighted by atomic mass is 32.2. The zero-order valence-electron chi connectivity index (χ0n) is 13.6. The molecule has 130 valence electrons. The lowest BCUT2D eigenvalue weighted by Crippen LogP contribution is -2.23. The summed E-state index contributed by atoms with van der Waals surface area (Å²) in [4.78, 5) is 12.3. The van der Waals surface area contributed by atoms with Gasteiger partial charge < -0.3 is 9.88 Å². The highest BCUT2D eigenvalue weighted by molar-refractivity contribution is 8.00. The summed E-state index contributed by atoms with van der Waals surface area (Å²) in [5.74, 6) is -1.41. The van der Waals surface area contributed by atoms with Crippen LogP contribution in [0.3, 0.4) is 0 Å². The molecule has 0 aliphatic heterocycles. The number of aromatic nitrogens is 3. The van der Waals surface area contributed by atoms with E-state index in [1.807, 2.05) is 26.0 Å². The number of hydrogen-bond donors (Lipinski definition) is 1. The molecule has 0 bridgehead atoms. The molecule has 1 atom stereocenters. The molecule has 1 aromatic heterocycles. The second-order valence-electron chi connectivity index (χ2n) is 5.43. The minimum atomic E-state index is -4.58. The first-order valence-electron chi connectivity index (χ1n) is 7.11. The summed E-state index contributed by atoms with van der Waals surface area (Å²) in [6.45, 7) is 5.42. The highest BCUT2D eigenvalue weighted by Gasteiger charge is 2.37. The van der Waals surface area contributed by atoms with Gasteiger partial charge in [-0.25, -0.2) is 0 Å². The first-order chi connectivity index (χ1) is 11.1. The molecule has 0 radical (unpaired) electrons. The van der Waals surface area contributed by atoms with Gasteiger partial charge in [0.15, 0.2) is 5.16 Å². The summed E-state index contributed by atoms with van der Waals surface area (Å²) in [7, 11) is 1.22. The number of nitrogens with zero attached hydrogens (tertiary/aromatic N) is 3. The van der Waals surface area contributed by atoms with Crippen LogP contribution in [0.2, 0.25) is 0 Å². The molecule has 0 aliphatic rings. The molecule has 1 heterocycles. The smallest absolute Gasteiger partial charge is 0.325 e. The topological polar surface area (TPSA) is 59.8 Å². The molecule has 0 saturated heterocycles. The number of nitrogens with one attached hydrogen (secondary N) is 1. The molecule has 0 aliphatic carbocycles. The van der Waals surface area contributed by atoms with Crippen LogP contribution in [0.5, 0.6) is 0 Å². The summed E-state index contributed by atoms with van der Waals surface area (Å²) in [5.41, 5.74) is 2.66. The maximum Gasteiger partial charge on any atom is 0.451 e. The molecule has 2 rings (SSSR count). The van der Waals surface area contributed by atoms with Crippen molar-refractivity contribution >= 4 is 23.4 Å². The fourth-order valence-corrected chi connectivity index (χ4v) is 2.88. The minimum absolute atomic E-state index is 0.0330. The van der Waals surface area contributed by atoms with Crippen molar-refractivity contribution in [3.63, 3.8) is 0 Å². The fraction of sp³-hybridized carbons (Fsp3) is 0.400. The Labute approximate surface area is 141 Å². The number of amides is 1. The largest absolute Gasteiger partial charge is 0.451 e. The summed E-state index contributed by atoms with van der Waals surface area (Å²) in [5, 5.41) is 8.84. The van der Waals surface area contributed by atoms with E-state index in [-0.39, 0.29) is 11.1 Å². The van der Waals surface area contributed by atoms with Crippen LogP contribution in [-0.4, -0.2) is 25.9 Å². The normalized spacial score (nSPS) is 13.0. The zero-order chi connectivity index (χ0) is 18.1. The molecule has 9 heteroatoms. The van der Waals surface area contributed by atoms with E-state index in [2.05, 4.69) is 15.5 Å². The molecule has 2 aromatic rings. The number of aryl methyl sites for hydroxylation is 2.